The number of hydrogen-bond donors (Lipinski definition) is 2. The summed E-state index contributed by atoms with van der Waals surface area (Å²) in [6, 6.07) is 19.9. The van der Waals surface area contributed by atoms with Gasteiger partial charge in [-0.3, -0.25) is 4.79 Å². The third-order valence-corrected chi connectivity index (χ3v) is 6.09. The Balaban J connectivity index is 1.63. The number of ether oxygens (including phenoxy) is 1. The highest BCUT2D eigenvalue weighted by Gasteiger charge is 2.42. The van der Waals surface area contributed by atoms with Crippen molar-refractivity contribution in [3.05, 3.63) is 89.7 Å². The quantitative estimate of drug-likeness (QED) is 0.539. The van der Waals surface area contributed by atoms with Gasteiger partial charge in [-0.15, -0.1) is 0 Å². The number of amides is 1. The van der Waals surface area contributed by atoms with Gasteiger partial charge in [-0.05, 0) is 60.7 Å². The van der Waals surface area contributed by atoms with Gasteiger partial charge in [0.1, 0.15) is 17.3 Å². The molecule has 3 aromatic carbocycles. The van der Waals surface area contributed by atoms with Crippen LogP contribution in [0.3, 0.4) is 0 Å². The maximum atomic E-state index is 13.2. The standard InChI is InChI=1S/C26H26FNO4/c1-32-21-12-13-22(24(30)16-21)26-18(9-14-23(29)17-7-10-19(27)11-8-17)15-25(31)28(26)20-5-3-2-4-6-20/h2-8,10-13,16,18,23,26,29-30H,9,14-15H2,1H3/t18-,23?,26+/m1/s1. The Morgan fingerprint density at radius 1 is 1.09 bits per heavy atom. The van der Waals surface area contributed by atoms with E-state index in [1.54, 1.807) is 35.2 Å². The van der Waals surface area contributed by atoms with E-state index in [1.807, 2.05) is 30.3 Å². The molecule has 3 aromatic rings. The van der Waals surface area contributed by atoms with Gasteiger partial charge in [0.2, 0.25) is 5.91 Å². The van der Waals surface area contributed by atoms with Crippen LogP contribution >= 0.6 is 0 Å². The molecule has 1 aliphatic heterocycles. The van der Waals surface area contributed by atoms with Gasteiger partial charge in [-0.1, -0.05) is 30.3 Å². The zero-order valence-corrected chi connectivity index (χ0v) is 17.8. The molecule has 2 N–H and O–H groups in total. The third kappa shape index (κ3) is 4.46. The van der Waals surface area contributed by atoms with E-state index in [4.69, 9.17) is 4.74 Å². The van der Waals surface area contributed by atoms with Gasteiger partial charge in [0, 0.05) is 23.7 Å². The highest BCUT2D eigenvalue weighted by atomic mass is 19.1. The number of phenolic OH excluding ortho intramolecular Hbond substituents is 1. The van der Waals surface area contributed by atoms with Crippen molar-refractivity contribution < 1.29 is 24.1 Å². The molecule has 0 aliphatic carbocycles. The van der Waals surface area contributed by atoms with E-state index < -0.39 is 6.10 Å². The second-order valence-corrected chi connectivity index (χ2v) is 8.08. The molecule has 1 aliphatic rings. The summed E-state index contributed by atoms with van der Waals surface area (Å²) in [4.78, 5) is 14.8. The SMILES string of the molecule is COc1ccc([C@@H]2[C@H](CCC(O)c3ccc(F)cc3)CC(=O)N2c2ccccc2)c(O)c1. The van der Waals surface area contributed by atoms with Crippen molar-refractivity contribution in [1.82, 2.24) is 0 Å². The van der Waals surface area contributed by atoms with Gasteiger partial charge in [-0.2, -0.15) is 0 Å². The lowest BCUT2D eigenvalue weighted by atomic mass is 9.87. The number of aliphatic hydroxyl groups is 1. The molecule has 0 aromatic heterocycles. The summed E-state index contributed by atoms with van der Waals surface area (Å²) >= 11 is 0. The maximum absolute atomic E-state index is 13.2. The Morgan fingerprint density at radius 2 is 1.81 bits per heavy atom. The molecule has 166 valence electrons. The maximum Gasteiger partial charge on any atom is 0.227 e. The topological polar surface area (TPSA) is 70.0 Å². The minimum absolute atomic E-state index is 0.0299. The highest BCUT2D eigenvalue weighted by Crippen LogP contribution is 2.47. The number of halogens is 1. The van der Waals surface area contributed by atoms with Crippen molar-refractivity contribution in [3.8, 4) is 11.5 Å². The molecule has 6 heteroatoms. The van der Waals surface area contributed by atoms with Gasteiger partial charge in [0.25, 0.3) is 0 Å². The number of rotatable bonds is 7. The lowest BCUT2D eigenvalue weighted by Crippen LogP contribution is -2.28. The van der Waals surface area contributed by atoms with Gasteiger partial charge in [-0.25, -0.2) is 4.39 Å². The first kappa shape index (κ1) is 21.8. The van der Waals surface area contributed by atoms with E-state index in [0.717, 1.165) is 5.69 Å². The molecule has 0 spiro atoms. The molecule has 32 heavy (non-hydrogen) atoms. The summed E-state index contributed by atoms with van der Waals surface area (Å²) in [5.74, 6) is 0.102. The normalized spacial score (nSPS) is 19.2. The number of anilines is 1. The lowest BCUT2D eigenvalue weighted by molar-refractivity contribution is -0.117. The second-order valence-electron chi connectivity index (χ2n) is 8.08. The number of nitrogens with zero attached hydrogens (tertiary/aromatic N) is 1. The number of aromatic hydroxyl groups is 1. The third-order valence-electron chi connectivity index (χ3n) is 6.09. The van der Waals surface area contributed by atoms with Crippen LogP contribution in [0.4, 0.5) is 10.1 Å². The summed E-state index contributed by atoms with van der Waals surface area (Å²) in [5.41, 5.74) is 2.04. The fraction of sp³-hybridized carbons (Fsp3) is 0.269. The van der Waals surface area contributed by atoms with Crippen LogP contribution < -0.4 is 9.64 Å². The number of para-hydroxylation sites is 1. The molecule has 3 atom stereocenters. The average molecular weight is 435 g/mol. The molecular formula is C26H26FNO4. The fourth-order valence-electron chi connectivity index (χ4n) is 4.47. The van der Waals surface area contributed by atoms with Crippen LogP contribution in [0.1, 0.15) is 42.5 Å². The first-order valence-electron chi connectivity index (χ1n) is 10.7. The predicted octanol–water partition coefficient (Wildman–Crippen LogP) is 5.15. The van der Waals surface area contributed by atoms with Gasteiger partial charge < -0.3 is 19.8 Å². The number of phenols is 1. The van der Waals surface area contributed by atoms with Crippen LogP contribution in [0, 0.1) is 11.7 Å². The molecule has 0 saturated carbocycles. The second kappa shape index (κ2) is 9.40. The van der Waals surface area contributed by atoms with Crippen molar-refractivity contribution >= 4 is 11.6 Å². The number of carbonyl (C=O) groups excluding carboxylic acids is 1. The highest BCUT2D eigenvalue weighted by molar-refractivity contribution is 5.97. The average Bonchev–Trinajstić information content (AvgIpc) is 3.14. The van der Waals surface area contributed by atoms with Crippen molar-refractivity contribution in [2.75, 3.05) is 12.0 Å². The summed E-state index contributed by atoms with van der Waals surface area (Å²) in [6.45, 7) is 0. The number of methoxy groups -OCH3 is 1. The van der Waals surface area contributed by atoms with Crippen LogP contribution in [0.5, 0.6) is 11.5 Å². The van der Waals surface area contributed by atoms with E-state index in [2.05, 4.69) is 0 Å². The molecule has 5 nitrogen and oxygen atoms in total. The lowest BCUT2D eigenvalue weighted by Gasteiger charge is -2.30. The first-order valence-corrected chi connectivity index (χ1v) is 10.7. The zero-order valence-electron chi connectivity index (χ0n) is 17.8. The van der Waals surface area contributed by atoms with Gasteiger partial charge in [0.05, 0.1) is 19.3 Å². The van der Waals surface area contributed by atoms with E-state index in [0.29, 0.717) is 36.1 Å². The molecule has 1 amide bonds. The van der Waals surface area contributed by atoms with Gasteiger partial charge in [0.15, 0.2) is 0 Å². The zero-order chi connectivity index (χ0) is 22.7. The number of hydrogen-bond acceptors (Lipinski definition) is 4. The van der Waals surface area contributed by atoms with E-state index in [9.17, 15) is 19.4 Å². The Kier molecular flexibility index (Phi) is 6.42. The number of benzene rings is 3. The molecular weight excluding hydrogens is 409 g/mol. The van der Waals surface area contributed by atoms with Gasteiger partial charge >= 0.3 is 0 Å². The smallest absolute Gasteiger partial charge is 0.227 e. The number of carbonyl (C=O) groups is 1. The summed E-state index contributed by atoms with van der Waals surface area (Å²) < 4.78 is 18.4. The molecule has 0 bridgehead atoms. The van der Waals surface area contributed by atoms with Crippen LogP contribution in [0.2, 0.25) is 0 Å². The molecule has 4 rings (SSSR count). The fourth-order valence-corrected chi connectivity index (χ4v) is 4.47. The van der Waals surface area contributed by atoms with Crippen molar-refractivity contribution in [2.45, 2.75) is 31.4 Å². The first-order chi connectivity index (χ1) is 15.5. The number of aliphatic hydroxyl groups excluding tert-OH is 1. The van der Waals surface area contributed by atoms with E-state index in [-0.39, 0.29) is 29.4 Å². The van der Waals surface area contributed by atoms with Crippen molar-refractivity contribution in [3.63, 3.8) is 0 Å². The monoisotopic (exact) mass is 435 g/mol. The Labute approximate surface area is 186 Å². The van der Waals surface area contributed by atoms with Crippen LogP contribution in [0.25, 0.3) is 0 Å². The minimum Gasteiger partial charge on any atom is -0.507 e. The minimum atomic E-state index is -0.762. The Bertz CT molecular complexity index is 1070. The van der Waals surface area contributed by atoms with Crippen LogP contribution in [-0.4, -0.2) is 23.2 Å². The predicted molar refractivity (Wildman–Crippen MR) is 120 cm³/mol. The van der Waals surface area contributed by atoms with Crippen LogP contribution in [0.15, 0.2) is 72.8 Å². The van der Waals surface area contributed by atoms with Crippen molar-refractivity contribution in [1.29, 1.82) is 0 Å². The summed E-state index contributed by atoms with van der Waals surface area (Å²) in [6.07, 6.45) is 0.520. The molecule has 1 heterocycles. The largest absolute Gasteiger partial charge is 0.507 e. The Morgan fingerprint density at radius 3 is 2.47 bits per heavy atom. The van der Waals surface area contributed by atoms with E-state index >= 15 is 0 Å². The molecule has 1 saturated heterocycles. The summed E-state index contributed by atoms with van der Waals surface area (Å²) in [5, 5.41) is 21.3. The summed E-state index contributed by atoms with van der Waals surface area (Å²) in [7, 11) is 1.53. The molecule has 1 unspecified atom stereocenters. The van der Waals surface area contributed by atoms with Crippen LogP contribution in [-0.2, 0) is 4.79 Å². The molecule has 0 radical (unpaired) electrons. The van der Waals surface area contributed by atoms with E-state index in [1.165, 1.54) is 19.2 Å². The Hall–Kier alpha value is -3.38. The molecule has 1 fully saturated rings. The van der Waals surface area contributed by atoms with Crippen molar-refractivity contribution in [2.24, 2.45) is 5.92 Å².